The van der Waals surface area contributed by atoms with Gasteiger partial charge in [0, 0.05) is 19.1 Å². The number of nitrogens with one attached hydrogen (secondary N) is 1. The summed E-state index contributed by atoms with van der Waals surface area (Å²) in [5.41, 5.74) is -0.733. The number of aliphatic hydroxyl groups is 3. The van der Waals surface area contributed by atoms with E-state index in [1.807, 2.05) is 7.05 Å². The van der Waals surface area contributed by atoms with Gasteiger partial charge in [-0.05, 0) is 77.9 Å². The fraction of sp³-hybridized carbons (Fsp3) is 0.960. The maximum Gasteiger partial charge on any atom is 0.240 e. The third-order valence-corrected chi connectivity index (χ3v) is 10.00. The quantitative estimate of drug-likeness (QED) is 0.348. The molecule has 0 saturated carbocycles. The molecule has 0 aromatic heterocycles. The van der Waals surface area contributed by atoms with Crippen LogP contribution in [0.15, 0.2) is 0 Å². The molecule has 9 nitrogen and oxygen atoms in total. The van der Waals surface area contributed by atoms with Gasteiger partial charge in [0.05, 0.1) is 17.5 Å². The van der Waals surface area contributed by atoms with Crippen molar-refractivity contribution in [2.75, 3.05) is 46.6 Å². The van der Waals surface area contributed by atoms with Gasteiger partial charge in [-0.3, -0.25) is 9.69 Å². The molecule has 4 N–H and O–H groups in total. The van der Waals surface area contributed by atoms with Crippen LogP contribution in [0.5, 0.6) is 0 Å². The van der Waals surface area contributed by atoms with E-state index in [9.17, 15) is 20.1 Å². The number of carbonyl (C=O) groups is 1. The molecule has 1 amide bonds. The van der Waals surface area contributed by atoms with Crippen molar-refractivity contribution >= 4 is 29.3 Å². The number of carbonyl (C=O) groups excluding carboxylic acids is 1. The van der Waals surface area contributed by atoms with Crippen LogP contribution in [0.25, 0.3) is 0 Å². The molecule has 11 atom stereocenters. The van der Waals surface area contributed by atoms with Gasteiger partial charge in [-0.2, -0.15) is 0 Å². The Morgan fingerprint density at radius 1 is 1.06 bits per heavy atom. The highest BCUT2D eigenvalue weighted by molar-refractivity contribution is 7.99. The first kappa shape index (κ1) is 28.8. The monoisotopic (exact) mass is 549 g/mol. The second kappa shape index (κ2) is 12.3. The Kier molecular flexibility index (Phi) is 9.88. The number of alkyl halides is 1. The number of likely N-dealkylation sites (tertiary alicyclic amines) is 2. The number of hydrogen-bond donors (Lipinski definition) is 4. The molecule has 4 rings (SSSR count). The zero-order valence-corrected chi connectivity index (χ0v) is 23.4. The Morgan fingerprint density at radius 2 is 1.75 bits per heavy atom. The lowest BCUT2D eigenvalue weighted by atomic mass is 9.77. The average molecular weight is 550 g/mol. The van der Waals surface area contributed by atoms with E-state index in [0.717, 1.165) is 38.4 Å². The summed E-state index contributed by atoms with van der Waals surface area (Å²) in [5.74, 6) is 1.43. The van der Waals surface area contributed by atoms with E-state index in [1.165, 1.54) is 24.6 Å². The zero-order chi connectivity index (χ0) is 26.1. The summed E-state index contributed by atoms with van der Waals surface area (Å²) in [6, 6.07) is -1.21. The first-order valence-electron chi connectivity index (χ1n) is 13.3. The van der Waals surface area contributed by atoms with Crippen LogP contribution in [0.1, 0.15) is 32.6 Å². The normalized spacial score (nSPS) is 42.9. The van der Waals surface area contributed by atoms with Gasteiger partial charge in [0.1, 0.15) is 35.9 Å². The van der Waals surface area contributed by atoms with E-state index < -0.39 is 47.3 Å². The van der Waals surface area contributed by atoms with Crippen LogP contribution in [0.4, 0.5) is 0 Å². The summed E-state index contributed by atoms with van der Waals surface area (Å²) in [6.45, 7) is 5.49. The van der Waals surface area contributed by atoms with Crippen LogP contribution in [-0.2, 0) is 14.3 Å². The van der Waals surface area contributed by atoms with Crippen LogP contribution in [0.2, 0.25) is 0 Å². The van der Waals surface area contributed by atoms with Gasteiger partial charge < -0.3 is 35.0 Å². The van der Waals surface area contributed by atoms with Crippen molar-refractivity contribution < 1.29 is 29.6 Å². The molecule has 4 heterocycles. The first-order valence-corrected chi connectivity index (χ1v) is 15.0. The molecule has 0 spiro atoms. The third-order valence-electron chi connectivity index (χ3n) is 8.87. The summed E-state index contributed by atoms with van der Waals surface area (Å²) in [6.07, 6.45) is 1.18. The lowest BCUT2D eigenvalue weighted by molar-refractivity contribution is -0.205. The number of amides is 1. The number of rotatable bonds is 6. The minimum absolute atomic E-state index is 0.193. The van der Waals surface area contributed by atoms with Crippen molar-refractivity contribution in [1.82, 2.24) is 15.1 Å². The predicted molar refractivity (Wildman–Crippen MR) is 140 cm³/mol. The third kappa shape index (κ3) is 6.02. The van der Waals surface area contributed by atoms with Gasteiger partial charge in [0.25, 0.3) is 0 Å². The largest absolute Gasteiger partial charge is 0.388 e. The van der Waals surface area contributed by atoms with Crippen molar-refractivity contribution in [1.29, 1.82) is 0 Å². The Hall–Kier alpha value is -0.170. The molecule has 4 aliphatic rings. The van der Waals surface area contributed by atoms with Crippen molar-refractivity contribution in [2.24, 2.45) is 17.8 Å². The van der Waals surface area contributed by atoms with Crippen LogP contribution >= 0.6 is 23.4 Å². The molecule has 4 saturated heterocycles. The highest BCUT2D eigenvalue weighted by atomic mass is 35.5. The topological polar surface area (TPSA) is 115 Å². The molecule has 2 unspecified atom stereocenters. The van der Waals surface area contributed by atoms with Crippen LogP contribution in [-0.4, -0.2) is 131 Å². The Morgan fingerprint density at radius 3 is 2.39 bits per heavy atom. The average Bonchev–Trinajstić information content (AvgIpc) is 3.01. The number of halogens is 1. The molecule has 0 bridgehead atoms. The summed E-state index contributed by atoms with van der Waals surface area (Å²) in [5, 5.41) is 33.7. The predicted octanol–water partition coefficient (Wildman–Crippen LogP) is 0.336. The highest BCUT2D eigenvalue weighted by Gasteiger charge is 2.51. The van der Waals surface area contributed by atoms with E-state index in [1.54, 1.807) is 13.2 Å². The molecule has 0 radical (unpaired) electrons. The smallest absolute Gasteiger partial charge is 0.240 e. The summed E-state index contributed by atoms with van der Waals surface area (Å²) < 4.78 is 12.3. The lowest BCUT2D eigenvalue weighted by Gasteiger charge is -2.44. The number of piperidine rings is 1. The molecule has 208 valence electrons. The molecule has 0 aliphatic carbocycles. The maximum atomic E-state index is 13.7. The van der Waals surface area contributed by atoms with Gasteiger partial charge in [-0.15, -0.1) is 23.4 Å². The number of likely N-dealkylation sites (N-methyl/N-ethyl adjacent to an activating group) is 1. The van der Waals surface area contributed by atoms with Crippen molar-refractivity contribution in [3.8, 4) is 0 Å². The number of aliphatic hydroxyl groups excluding tert-OH is 3. The molecule has 4 aliphatic heterocycles. The van der Waals surface area contributed by atoms with Gasteiger partial charge in [0.2, 0.25) is 5.91 Å². The molecule has 4 fully saturated rings. The number of hydrogen-bond acceptors (Lipinski definition) is 9. The van der Waals surface area contributed by atoms with Crippen LogP contribution in [0.3, 0.4) is 0 Å². The summed E-state index contributed by atoms with van der Waals surface area (Å²) in [7, 11) is 4.15. The van der Waals surface area contributed by atoms with Crippen molar-refractivity contribution in [2.45, 2.75) is 86.0 Å². The zero-order valence-electron chi connectivity index (χ0n) is 21.8. The fourth-order valence-corrected chi connectivity index (χ4v) is 7.63. The SMILES string of the molecule is CSC1O[C@H]([C@H](NC(=O)[C@@H]2[C@@H]3OCC[C@H](C4CCN(C)CC4)C[C@H]3CN2C)[C@H](C)Cl)C(O)[C@@H](O)[C@H]1O. The Bertz CT molecular complexity index is 743. The minimum atomic E-state index is -1.39. The highest BCUT2D eigenvalue weighted by Crippen LogP contribution is 2.40. The fourth-order valence-electron chi connectivity index (χ4n) is 6.74. The molecular formula is C25H44ClN3O6S. The Labute approximate surface area is 224 Å². The number of thioether (sulfide) groups is 1. The lowest BCUT2D eigenvalue weighted by Crippen LogP contribution is -2.65. The molecule has 0 aromatic rings. The van der Waals surface area contributed by atoms with Gasteiger partial charge >= 0.3 is 0 Å². The van der Waals surface area contributed by atoms with Crippen LogP contribution < -0.4 is 5.32 Å². The maximum absolute atomic E-state index is 13.7. The van der Waals surface area contributed by atoms with E-state index in [0.29, 0.717) is 18.4 Å². The van der Waals surface area contributed by atoms with Crippen molar-refractivity contribution in [3.63, 3.8) is 0 Å². The molecular weight excluding hydrogens is 506 g/mol. The standard InChI is InChI=1S/C25H44ClN3O6S/c1-13(26)17(23-20(31)19(30)21(32)25(35-23)36-4)27-24(33)18-22-16(12-29(18)3)11-15(7-10-34-22)14-5-8-28(2)9-6-14/h13-23,25,30-32H,5-12H2,1-4H3,(H,27,33)/t13-,15-,16-,17+,18-,19+,20?,21+,22+,23+,25?/m0/s1. The second-order valence-electron chi connectivity index (χ2n) is 11.3. The molecule has 11 heteroatoms. The molecule has 0 aromatic carbocycles. The first-order chi connectivity index (χ1) is 17.1. The van der Waals surface area contributed by atoms with E-state index in [4.69, 9.17) is 21.1 Å². The van der Waals surface area contributed by atoms with E-state index in [2.05, 4.69) is 22.2 Å². The second-order valence-corrected chi connectivity index (χ2v) is 12.9. The number of ether oxygens (including phenoxy) is 2. The minimum Gasteiger partial charge on any atom is -0.388 e. The summed E-state index contributed by atoms with van der Waals surface area (Å²) in [4.78, 5) is 18.1. The summed E-state index contributed by atoms with van der Waals surface area (Å²) >= 11 is 7.71. The molecule has 36 heavy (non-hydrogen) atoms. The van der Waals surface area contributed by atoms with Gasteiger partial charge in [0.15, 0.2) is 0 Å². The Balaban J connectivity index is 1.44. The van der Waals surface area contributed by atoms with E-state index >= 15 is 0 Å². The van der Waals surface area contributed by atoms with E-state index in [-0.39, 0.29) is 12.0 Å². The van der Waals surface area contributed by atoms with Gasteiger partial charge in [-0.25, -0.2) is 0 Å². The number of fused-ring (bicyclic) bond motifs is 1. The number of nitrogens with zero attached hydrogens (tertiary/aromatic N) is 2. The van der Waals surface area contributed by atoms with Gasteiger partial charge in [-0.1, -0.05) is 0 Å². The van der Waals surface area contributed by atoms with Crippen molar-refractivity contribution in [3.05, 3.63) is 0 Å². The van der Waals surface area contributed by atoms with Crippen LogP contribution in [0, 0.1) is 17.8 Å².